The molecule has 1 aliphatic heterocycles. The Hall–Kier alpha value is -2.91. The van der Waals surface area contributed by atoms with Crippen molar-refractivity contribution in [1.82, 2.24) is 4.31 Å². The van der Waals surface area contributed by atoms with Gasteiger partial charge in [0.2, 0.25) is 10.0 Å². The number of hydrogen-bond donors (Lipinski definition) is 1. The number of sulfonamides is 1. The summed E-state index contributed by atoms with van der Waals surface area (Å²) in [5.41, 5.74) is 1.80. The van der Waals surface area contributed by atoms with Crippen molar-refractivity contribution in [1.29, 1.82) is 0 Å². The fourth-order valence-electron chi connectivity index (χ4n) is 3.25. The van der Waals surface area contributed by atoms with E-state index in [9.17, 15) is 18.0 Å². The van der Waals surface area contributed by atoms with Gasteiger partial charge < -0.3 is 14.8 Å². The van der Waals surface area contributed by atoms with Gasteiger partial charge in [-0.1, -0.05) is 12.1 Å². The van der Waals surface area contributed by atoms with Gasteiger partial charge in [0.25, 0.3) is 5.91 Å². The van der Waals surface area contributed by atoms with E-state index in [1.54, 1.807) is 55.6 Å². The molecular weight excluding hydrogens is 408 g/mol. The Balaban J connectivity index is 1.55. The lowest BCUT2D eigenvalue weighted by molar-refractivity contribution is -0.148. The van der Waals surface area contributed by atoms with Gasteiger partial charge in [-0.05, 0) is 54.8 Å². The second-order valence-electron chi connectivity index (χ2n) is 7.02. The molecule has 0 aromatic heterocycles. The minimum Gasteiger partial charge on any atom is -0.497 e. The Morgan fingerprint density at radius 2 is 1.77 bits per heavy atom. The smallest absolute Gasteiger partial charge is 0.324 e. The van der Waals surface area contributed by atoms with Gasteiger partial charge in [-0.15, -0.1) is 0 Å². The van der Waals surface area contributed by atoms with Crippen LogP contribution >= 0.6 is 0 Å². The average molecular weight is 432 g/mol. The summed E-state index contributed by atoms with van der Waals surface area (Å²) in [6, 6.07) is 12.9. The lowest BCUT2D eigenvalue weighted by Crippen LogP contribution is -2.40. The minimum atomic E-state index is -3.44. The molecule has 1 N–H and O–H groups in total. The fourth-order valence-corrected chi connectivity index (χ4v) is 4.37. The predicted molar refractivity (Wildman–Crippen MR) is 112 cm³/mol. The number of rotatable bonds is 7. The largest absolute Gasteiger partial charge is 0.497 e. The number of benzene rings is 2. The van der Waals surface area contributed by atoms with E-state index in [2.05, 4.69) is 5.32 Å². The Bertz CT molecular complexity index is 1000. The van der Waals surface area contributed by atoms with Crippen LogP contribution in [0.5, 0.6) is 5.75 Å². The fraction of sp³-hybridized carbons (Fsp3) is 0.333. The third-order valence-corrected chi connectivity index (χ3v) is 6.14. The summed E-state index contributed by atoms with van der Waals surface area (Å²) in [4.78, 5) is 24.7. The van der Waals surface area contributed by atoms with E-state index in [4.69, 9.17) is 9.47 Å². The zero-order chi connectivity index (χ0) is 21.7. The molecule has 1 amide bonds. The SMILES string of the molecule is COc1ccc(NC(=O)c2ccc(COC(=O)[C@@H]3CCCN3S(C)(=O)=O)cc2)cc1. The Labute approximate surface area is 175 Å². The molecule has 1 saturated heterocycles. The average Bonchev–Trinajstić information content (AvgIpc) is 3.24. The van der Waals surface area contributed by atoms with Crippen LogP contribution in [0.25, 0.3) is 0 Å². The predicted octanol–water partition coefficient (Wildman–Crippen LogP) is 2.41. The Morgan fingerprint density at radius 1 is 1.10 bits per heavy atom. The molecule has 3 rings (SSSR count). The van der Waals surface area contributed by atoms with Gasteiger partial charge in [0.1, 0.15) is 18.4 Å². The topological polar surface area (TPSA) is 102 Å². The summed E-state index contributed by atoms with van der Waals surface area (Å²) in [6.07, 6.45) is 2.18. The Morgan fingerprint density at radius 3 is 2.37 bits per heavy atom. The van der Waals surface area contributed by atoms with E-state index in [-0.39, 0.29) is 12.5 Å². The number of carbonyl (C=O) groups excluding carboxylic acids is 2. The molecule has 9 heteroatoms. The van der Waals surface area contributed by atoms with Crippen LogP contribution in [0.15, 0.2) is 48.5 Å². The van der Waals surface area contributed by atoms with E-state index in [1.807, 2.05) is 0 Å². The lowest BCUT2D eigenvalue weighted by atomic mass is 10.1. The third-order valence-electron chi connectivity index (χ3n) is 4.85. The summed E-state index contributed by atoms with van der Waals surface area (Å²) in [6.45, 7) is 0.337. The number of nitrogens with zero attached hydrogens (tertiary/aromatic N) is 1. The highest BCUT2D eigenvalue weighted by Crippen LogP contribution is 2.22. The van der Waals surface area contributed by atoms with Gasteiger partial charge in [-0.25, -0.2) is 8.42 Å². The summed E-state index contributed by atoms with van der Waals surface area (Å²) >= 11 is 0. The van der Waals surface area contributed by atoms with Crippen molar-refractivity contribution in [3.63, 3.8) is 0 Å². The molecule has 2 aromatic rings. The van der Waals surface area contributed by atoms with Crippen LogP contribution in [0.2, 0.25) is 0 Å². The van der Waals surface area contributed by atoms with E-state index < -0.39 is 22.0 Å². The molecule has 8 nitrogen and oxygen atoms in total. The van der Waals surface area contributed by atoms with Crippen molar-refractivity contribution in [2.75, 3.05) is 25.2 Å². The molecule has 0 spiro atoms. The molecule has 0 bridgehead atoms. The molecule has 30 heavy (non-hydrogen) atoms. The maximum Gasteiger partial charge on any atom is 0.324 e. The molecule has 0 saturated carbocycles. The van der Waals surface area contributed by atoms with Gasteiger partial charge in [0.15, 0.2) is 0 Å². The van der Waals surface area contributed by atoms with E-state index in [0.29, 0.717) is 42.0 Å². The first-order valence-corrected chi connectivity index (χ1v) is 11.3. The molecular formula is C21H24N2O6S. The number of ether oxygens (including phenoxy) is 2. The molecule has 1 atom stereocenters. The van der Waals surface area contributed by atoms with Crippen molar-refractivity contribution in [2.45, 2.75) is 25.5 Å². The third kappa shape index (κ3) is 5.37. The van der Waals surface area contributed by atoms with Crippen molar-refractivity contribution < 1.29 is 27.5 Å². The van der Waals surface area contributed by atoms with Crippen LogP contribution in [0, 0.1) is 0 Å². The van der Waals surface area contributed by atoms with E-state index in [0.717, 1.165) is 6.26 Å². The first-order chi connectivity index (χ1) is 14.3. The van der Waals surface area contributed by atoms with Crippen LogP contribution in [0.3, 0.4) is 0 Å². The van der Waals surface area contributed by atoms with Crippen LogP contribution in [-0.2, 0) is 26.2 Å². The number of esters is 1. The van der Waals surface area contributed by atoms with E-state index in [1.165, 1.54) is 4.31 Å². The molecule has 160 valence electrons. The monoisotopic (exact) mass is 432 g/mol. The van der Waals surface area contributed by atoms with Crippen molar-refractivity contribution in [3.8, 4) is 5.75 Å². The first kappa shape index (κ1) is 21.8. The van der Waals surface area contributed by atoms with Gasteiger partial charge >= 0.3 is 5.97 Å². The zero-order valence-corrected chi connectivity index (χ0v) is 17.6. The van der Waals surface area contributed by atoms with Gasteiger partial charge in [-0.2, -0.15) is 4.31 Å². The molecule has 1 aliphatic rings. The summed E-state index contributed by atoms with van der Waals surface area (Å²) in [5, 5.41) is 2.79. The number of hydrogen-bond acceptors (Lipinski definition) is 6. The lowest BCUT2D eigenvalue weighted by Gasteiger charge is -2.20. The van der Waals surface area contributed by atoms with Gasteiger partial charge in [0.05, 0.1) is 13.4 Å². The Kier molecular flexibility index (Phi) is 6.73. The number of amides is 1. The molecule has 2 aromatic carbocycles. The van der Waals surface area contributed by atoms with Crippen molar-refractivity contribution in [2.24, 2.45) is 0 Å². The van der Waals surface area contributed by atoms with Crippen LogP contribution in [0.4, 0.5) is 5.69 Å². The van der Waals surface area contributed by atoms with Crippen LogP contribution < -0.4 is 10.1 Å². The summed E-state index contributed by atoms with van der Waals surface area (Å²) in [7, 11) is -1.87. The van der Waals surface area contributed by atoms with Crippen LogP contribution in [-0.4, -0.2) is 50.6 Å². The zero-order valence-electron chi connectivity index (χ0n) is 16.8. The van der Waals surface area contributed by atoms with Gasteiger partial charge in [0, 0.05) is 17.8 Å². The summed E-state index contributed by atoms with van der Waals surface area (Å²) < 4.78 is 35.1. The standard InChI is InChI=1S/C21H24N2O6S/c1-28-18-11-9-17(10-12-18)22-20(24)16-7-5-15(6-8-16)14-29-21(25)19-4-3-13-23(19)30(2,26)27/h5-12,19H,3-4,13-14H2,1-2H3,(H,22,24)/t19-/m0/s1. The van der Waals surface area contributed by atoms with Gasteiger partial charge in [-0.3, -0.25) is 9.59 Å². The second-order valence-corrected chi connectivity index (χ2v) is 8.95. The van der Waals surface area contributed by atoms with Crippen molar-refractivity contribution >= 4 is 27.6 Å². The maximum atomic E-state index is 12.4. The number of anilines is 1. The molecule has 1 fully saturated rings. The minimum absolute atomic E-state index is 0.00726. The molecule has 0 aliphatic carbocycles. The van der Waals surface area contributed by atoms with Crippen LogP contribution in [0.1, 0.15) is 28.8 Å². The highest BCUT2D eigenvalue weighted by molar-refractivity contribution is 7.88. The molecule has 0 radical (unpaired) electrons. The molecule has 0 unspecified atom stereocenters. The second kappa shape index (κ2) is 9.27. The quantitative estimate of drug-likeness (QED) is 0.674. The highest BCUT2D eigenvalue weighted by Gasteiger charge is 2.37. The van der Waals surface area contributed by atoms with E-state index >= 15 is 0 Å². The highest BCUT2D eigenvalue weighted by atomic mass is 32.2. The number of carbonyl (C=O) groups is 2. The maximum absolute atomic E-state index is 12.4. The summed E-state index contributed by atoms with van der Waals surface area (Å²) in [5.74, 6) is -0.123. The van der Waals surface area contributed by atoms with Crippen molar-refractivity contribution in [3.05, 3.63) is 59.7 Å². The normalized spacial score (nSPS) is 16.8. The first-order valence-electron chi connectivity index (χ1n) is 9.46. The molecule has 1 heterocycles. The number of nitrogens with one attached hydrogen (secondary N) is 1. The number of methoxy groups -OCH3 is 1.